The Bertz CT molecular complexity index is 1590. The summed E-state index contributed by atoms with van der Waals surface area (Å²) in [6.45, 7) is 15.4. The first-order chi connectivity index (χ1) is 23.4. The van der Waals surface area contributed by atoms with Crippen LogP contribution in [0.3, 0.4) is 0 Å². The van der Waals surface area contributed by atoms with Gasteiger partial charge in [-0.3, -0.25) is 19.2 Å². The van der Waals surface area contributed by atoms with E-state index in [4.69, 9.17) is 32.8 Å². The topological polar surface area (TPSA) is 154 Å². The maximum Gasteiger partial charge on any atom is 0.333 e. The van der Waals surface area contributed by atoms with Crippen molar-refractivity contribution in [2.24, 2.45) is 28.1 Å². The molecule has 274 valence electrons. The zero-order valence-corrected chi connectivity index (χ0v) is 30.7. The number of ether oxygens (including phenoxy) is 6. The lowest BCUT2D eigenvalue weighted by molar-refractivity contribution is -0.260. The molecule has 1 aliphatic heterocycles. The van der Waals surface area contributed by atoms with E-state index in [-0.39, 0.29) is 25.4 Å². The molecule has 0 spiro atoms. The third-order valence-corrected chi connectivity index (χ3v) is 12.3. The number of hydrogen-bond donors (Lipinski definition) is 0. The monoisotopic (exact) mass is 698 g/mol. The summed E-state index contributed by atoms with van der Waals surface area (Å²) in [5.74, 6) is -4.12. The standard InChI is InChI=1S/C38H50O12/c1-11-19(2)35(43)50-34-32-33-36(7,18-46-32)28(48-22(5)40)16-29(49-23(6)41)37(33,8)27(15-30(42)44-10)38(34,9)31-20(3)25(24-12-13-45-17-24)14-26(31)47-21(4)39/h11-13,17,25-29,32-34H,14-16,18H2,1-10H3/b19-11+/t25-,26+,27-,28-,29+,32-,33?,34+,36-,37+,38-/m1/s1. The molecular weight excluding hydrogens is 648 g/mol. The number of carbonyl (C=O) groups excluding carboxylic acids is 5. The van der Waals surface area contributed by atoms with Crippen LogP contribution >= 0.6 is 0 Å². The van der Waals surface area contributed by atoms with Crippen LogP contribution in [0.25, 0.3) is 0 Å². The van der Waals surface area contributed by atoms with Crippen molar-refractivity contribution in [1.82, 2.24) is 0 Å². The SMILES string of the molecule is C/C=C(\C)C(=O)O[C@H]1[C@@H]2OC[C@@]3(C)C2[C@](C)([C@@H](OC(C)=O)C[C@H]3OC(C)=O)[C@@H](CC(=O)OC)[C@]1(C)C1=C(C)[C@H](c2ccoc2)C[C@@H]1OC(C)=O. The molecule has 2 heterocycles. The van der Waals surface area contributed by atoms with Gasteiger partial charge < -0.3 is 32.8 Å². The lowest BCUT2D eigenvalue weighted by atomic mass is 9.39. The third kappa shape index (κ3) is 5.96. The molecule has 12 nitrogen and oxygen atoms in total. The average Bonchev–Trinajstić information content (AvgIpc) is 3.77. The van der Waals surface area contributed by atoms with Gasteiger partial charge >= 0.3 is 29.8 Å². The van der Waals surface area contributed by atoms with Gasteiger partial charge in [0.15, 0.2) is 0 Å². The van der Waals surface area contributed by atoms with Crippen molar-refractivity contribution >= 4 is 29.8 Å². The Balaban J connectivity index is 1.85. The second-order valence-corrected chi connectivity index (χ2v) is 15.0. The van der Waals surface area contributed by atoms with Crippen LogP contribution in [-0.2, 0) is 52.4 Å². The summed E-state index contributed by atoms with van der Waals surface area (Å²) in [7, 11) is 1.31. The minimum atomic E-state index is -1.26. The summed E-state index contributed by atoms with van der Waals surface area (Å²) in [6, 6.07) is 1.86. The number of rotatable bonds is 9. The molecule has 5 rings (SSSR count). The second kappa shape index (κ2) is 13.7. The number of hydrogen-bond acceptors (Lipinski definition) is 12. The highest BCUT2D eigenvalue weighted by Gasteiger charge is 2.77. The molecule has 0 bridgehead atoms. The molecule has 1 aromatic rings. The summed E-state index contributed by atoms with van der Waals surface area (Å²) >= 11 is 0. The van der Waals surface area contributed by atoms with E-state index in [0.717, 1.165) is 11.1 Å². The fourth-order valence-electron chi connectivity index (χ4n) is 10.2. The molecule has 0 amide bonds. The predicted molar refractivity (Wildman–Crippen MR) is 177 cm³/mol. The van der Waals surface area contributed by atoms with Gasteiger partial charge in [-0.15, -0.1) is 0 Å². The van der Waals surface area contributed by atoms with Crippen molar-refractivity contribution in [2.75, 3.05) is 13.7 Å². The molecule has 3 fully saturated rings. The Morgan fingerprint density at radius 1 is 0.920 bits per heavy atom. The molecule has 3 aliphatic carbocycles. The molecule has 1 unspecified atom stereocenters. The summed E-state index contributed by atoms with van der Waals surface area (Å²) in [5, 5.41) is 0. The highest BCUT2D eigenvalue weighted by Crippen LogP contribution is 2.72. The van der Waals surface area contributed by atoms with Crippen LogP contribution in [0.1, 0.15) is 93.1 Å². The summed E-state index contributed by atoms with van der Waals surface area (Å²) in [5.41, 5.74) is -0.300. The van der Waals surface area contributed by atoms with Crippen LogP contribution in [0.5, 0.6) is 0 Å². The van der Waals surface area contributed by atoms with Gasteiger partial charge in [-0.1, -0.05) is 32.4 Å². The van der Waals surface area contributed by atoms with E-state index >= 15 is 0 Å². The maximum absolute atomic E-state index is 13.8. The number of carbonyl (C=O) groups is 5. The van der Waals surface area contributed by atoms with E-state index in [1.54, 1.807) is 32.4 Å². The number of methoxy groups -OCH3 is 1. The van der Waals surface area contributed by atoms with Crippen LogP contribution in [0.4, 0.5) is 0 Å². The smallest absolute Gasteiger partial charge is 0.333 e. The van der Waals surface area contributed by atoms with Crippen LogP contribution in [0, 0.1) is 28.1 Å². The molecule has 11 atom stereocenters. The van der Waals surface area contributed by atoms with E-state index in [1.165, 1.54) is 27.9 Å². The zero-order chi connectivity index (χ0) is 36.9. The first-order valence-electron chi connectivity index (χ1n) is 17.2. The average molecular weight is 699 g/mol. The highest BCUT2D eigenvalue weighted by atomic mass is 16.6. The van der Waals surface area contributed by atoms with Gasteiger partial charge in [0.1, 0.15) is 24.4 Å². The molecule has 1 aromatic heterocycles. The van der Waals surface area contributed by atoms with E-state index in [0.29, 0.717) is 17.6 Å². The first kappa shape index (κ1) is 37.3. The Morgan fingerprint density at radius 3 is 2.12 bits per heavy atom. The molecule has 0 N–H and O–H groups in total. The van der Waals surface area contributed by atoms with E-state index in [9.17, 15) is 24.0 Å². The lowest BCUT2D eigenvalue weighted by Gasteiger charge is -2.66. The van der Waals surface area contributed by atoms with Crippen molar-refractivity contribution in [1.29, 1.82) is 0 Å². The fourth-order valence-corrected chi connectivity index (χ4v) is 10.2. The summed E-state index contributed by atoms with van der Waals surface area (Å²) in [6.07, 6.45) is 1.11. The largest absolute Gasteiger partial charge is 0.472 e. The first-order valence-corrected chi connectivity index (χ1v) is 17.2. The summed E-state index contributed by atoms with van der Waals surface area (Å²) in [4.78, 5) is 65.5. The summed E-state index contributed by atoms with van der Waals surface area (Å²) < 4.78 is 42.2. The number of furan rings is 1. The molecule has 2 saturated carbocycles. The third-order valence-electron chi connectivity index (χ3n) is 12.3. The Labute approximate surface area is 293 Å². The molecular formula is C38H50O12. The Kier molecular flexibility index (Phi) is 10.2. The Morgan fingerprint density at radius 2 is 1.56 bits per heavy atom. The van der Waals surface area contributed by atoms with Crippen LogP contribution in [0.15, 0.2) is 45.8 Å². The van der Waals surface area contributed by atoms with E-state index in [2.05, 4.69) is 0 Å². The van der Waals surface area contributed by atoms with E-state index < -0.39 is 88.4 Å². The minimum Gasteiger partial charge on any atom is -0.472 e. The highest BCUT2D eigenvalue weighted by molar-refractivity contribution is 5.88. The number of esters is 5. The minimum absolute atomic E-state index is 0.142. The molecule has 0 aromatic carbocycles. The van der Waals surface area contributed by atoms with Crippen molar-refractivity contribution < 1.29 is 56.8 Å². The Hall–Kier alpha value is -3.93. The van der Waals surface area contributed by atoms with Gasteiger partial charge in [-0.05, 0) is 50.3 Å². The molecule has 1 saturated heterocycles. The lowest BCUT2D eigenvalue weighted by Crippen LogP contribution is -2.72. The van der Waals surface area contributed by atoms with Gasteiger partial charge in [0.2, 0.25) is 0 Å². The van der Waals surface area contributed by atoms with Crippen molar-refractivity contribution in [2.45, 2.75) is 118 Å². The van der Waals surface area contributed by atoms with Crippen LogP contribution in [0.2, 0.25) is 0 Å². The molecule has 12 heteroatoms. The fraction of sp³-hybridized carbons (Fsp3) is 0.658. The van der Waals surface area contributed by atoms with Crippen LogP contribution < -0.4 is 0 Å². The van der Waals surface area contributed by atoms with Gasteiger partial charge in [0.05, 0.1) is 32.3 Å². The second-order valence-electron chi connectivity index (χ2n) is 15.0. The van der Waals surface area contributed by atoms with Crippen molar-refractivity contribution in [3.63, 3.8) is 0 Å². The van der Waals surface area contributed by atoms with Crippen molar-refractivity contribution in [3.8, 4) is 0 Å². The maximum atomic E-state index is 13.8. The molecule has 50 heavy (non-hydrogen) atoms. The van der Waals surface area contributed by atoms with E-state index in [1.807, 2.05) is 33.8 Å². The van der Waals surface area contributed by atoms with Crippen molar-refractivity contribution in [3.05, 3.63) is 47.0 Å². The van der Waals surface area contributed by atoms with Crippen LogP contribution in [-0.4, -0.2) is 74.1 Å². The predicted octanol–water partition coefficient (Wildman–Crippen LogP) is 5.39. The number of allylic oxidation sites excluding steroid dienone is 2. The molecule has 0 radical (unpaired) electrons. The van der Waals surface area contributed by atoms with Gasteiger partial charge in [-0.25, -0.2) is 4.79 Å². The van der Waals surface area contributed by atoms with Gasteiger partial charge in [-0.2, -0.15) is 0 Å². The zero-order valence-electron chi connectivity index (χ0n) is 30.7. The quantitative estimate of drug-likeness (QED) is 0.141. The molecule has 4 aliphatic rings. The van der Waals surface area contributed by atoms with Gasteiger partial charge in [0.25, 0.3) is 0 Å². The van der Waals surface area contributed by atoms with Gasteiger partial charge in [0, 0.05) is 67.3 Å². The normalized spacial score (nSPS) is 37.8.